The summed E-state index contributed by atoms with van der Waals surface area (Å²) in [7, 11) is 0. The molecule has 0 saturated heterocycles. The molecule has 9 heteroatoms. The number of aliphatic hydroxyl groups is 1. The van der Waals surface area contributed by atoms with E-state index < -0.39 is 29.0 Å². The number of rotatable bonds is 3. The molecule has 25 heavy (non-hydrogen) atoms. The number of amides is 1. The Morgan fingerprint density at radius 2 is 2.04 bits per heavy atom. The van der Waals surface area contributed by atoms with Gasteiger partial charge in [0, 0.05) is 5.69 Å². The van der Waals surface area contributed by atoms with Gasteiger partial charge in [-0.15, -0.1) is 0 Å². The Bertz CT molecular complexity index is 892. The molecule has 0 aliphatic heterocycles. The quantitative estimate of drug-likeness (QED) is 0.498. The maximum atomic E-state index is 12.7. The molecule has 0 aliphatic carbocycles. The zero-order valence-electron chi connectivity index (χ0n) is 13.1. The van der Waals surface area contributed by atoms with Crippen molar-refractivity contribution in [2.75, 3.05) is 5.32 Å². The van der Waals surface area contributed by atoms with Gasteiger partial charge in [0.25, 0.3) is 5.91 Å². The topological polar surface area (TPSA) is 99.2 Å². The number of nitrogens with one attached hydrogen (secondary N) is 1. The zero-order chi connectivity index (χ0) is 18.8. The van der Waals surface area contributed by atoms with Crippen LogP contribution < -0.4 is 5.32 Å². The summed E-state index contributed by atoms with van der Waals surface area (Å²) in [5, 5.41) is 24.9. The number of hydrogen-bond acceptors (Lipinski definition) is 5. The van der Waals surface area contributed by atoms with Crippen LogP contribution in [0.15, 0.2) is 34.5 Å². The summed E-state index contributed by atoms with van der Waals surface area (Å²) >= 11 is 0. The highest BCUT2D eigenvalue weighted by molar-refractivity contribution is 6.11. The van der Waals surface area contributed by atoms with Gasteiger partial charge in [-0.3, -0.25) is 4.79 Å². The predicted molar refractivity (Wildman–Crippen MR) is 81.2 cm³/mol. The fraction of sp³-hybridized carbons (Fsp3) is 0.188. The third-order valence-electron chi connectivity index (χ3n) is 3.38. The number of alkyl halides is 3. The summed E-state index contributed by atoms with van der Waals surface area (Å²) < 4.78 is 42.7. The fourth-order valence-electron chi connectivity index (χ4n) is 2.04. The molecular formula is C16H12F3N3O3. The van der Waals surface area contributed by atoms with Gasteiger partial charge in [0.1, 0.15) is 11.8 Å². The largest absolute Gasteiger partial charge is 0.506 e. The minimum absolute atomic E-state index is 0.0656. The molecule has 2 aromatic rings. The van der Waals surface area contributed by atoms with Crippen LogP contribution >= 0.6 is 0 Å². The van der Waals surface area contributed by atoms with Crippen LogP contribution in [0.1, 0.15) is 22.5 Å². The van der Waals surface area contributed by atoms with Gasteiger partial charge >= 0.3 is 6.18 Å². The Hall–Kier alpha value is -3.28. The second-order valence-electron chi connectivity index (χ2n) is 5.11. The lowest BCUT2D eigenvalue weighted by Crippen LogP contribution is -2.16. The van der Waals surface area contributed by atoms with Crippen LogP contribution in [0, 0.1) is 25.2 Å². The summed E-state index contributed by atoms with van der Waals surface area (Å²) in [5.41, 5.74) is -1.18. The summed E-state index contributed by atoms with van der Waals surface area (Å²) in [6.45, 7) is 2.86. The Morgan fingerprint density at radius 3 is 2.52 bits per heavy atom. The summed E-state index contributed by atoms with van der Waals surface area (Å²) in [4.78, 5) is 12.2. The molecule has 0 fully saturated rings. The molecule has 0 radical (unpaired) electrons. The summed E-state index contributed by atoms with van der Waals surface area (Å²) in [5.74, 6) is -1.41. The second kappa shape index (κ2) is 6.68. The predicted octanol–water partition coefficient (Wildman–Crippen LogP) is 3.74. The van der Waals surface area contributed by atoms with Crippen LogP contribution in [0.3, 0.4) is 0 Å². The van der Waals surface area contributed by atoms with Crippen LogP contribution in [0.25, 0.3) is 5.76 Å². The van der Waals surface area contributed by atoms with Crippen molar-refractivity contribution >= 4 is 17.4 Å². The van der Waals surface area contributed by atoms with E-state index in [9.17, 15) is 23.1 Å². The highest BCUT2D eigenvalue weighted by Gasteiger charge is 2.30. The van der Waals surface area contributed by atoms with E-state index in [1.54, 1.807) is 6.07 Å². The minimum atomic E-state index is -4.50. The van der Waals surface area contributed by atoms with Crippen molar-refractivity contribution in [3.63, 3.8) is 0 Å². The van der Waals surface area contributed by atoms with Crippen LogP contribution in [-0.4, -0.2) is 16.2 Å². The van der Waals surface area contributed by atoms with E-state index in [1.165, 1.54) is 13.8 Å². The normalized spacial score (nSPS) is 12.3. The Kier molecular flexibility index (Phi) is 4.83. The number of carbonyl (C=O) groups excluding carboxylic acids is 1. The third kappa shape index (κ3) is 3.80. The molecule has 1 heterocycles. The first-order chi connectivity index (χ1) is 11.6. The average Bonchev–Trinajstić information content (AvgIpc) is 2.95. The van der Waals surface area contributed by atoms with E-state index in [4.69, 9.17) is 9.78 Å². The van der Waals surface area contributed by atoms with Gasteiger partial charge in [0.2, 0.25) is 0 Å². The highest BCUT2D eigenvalue weighted by Crippen LogP contribution is 2.31. The number of benzene rings is 1. The van der Waals surface area contributed by atoms with Crippen molar-refractivity contribution in [3.05, 3.63) is 52.4 Å². The molecule has 0 saturated carbocycles. The highest BCUT2D eigenvalue weighted by atomic mass is 19.4. The molecule has 1 aromatic carbocycles. The standard InChI is InChI=1S/C16H12F3N3O3/c1-8-5-10(16(17,18)19)3-4-13(8)22-15(24)11(6-20)14(23)12-7-21-25-9(12)2/h3-5,7,23H,1-2H3,(H,22,24)/b14-11-. The van der Waals surface area contributed by atoms with E-state index in [0.717, 1.165) is 24.4 Å². The molecule has 0 unspecified atom stereocenters. The maximum absolute atomic E-state index is 12.7. The molecule has 2 rings (SSSR count). The average molecular weight is 351 g/mol. The lowest BCUT2D eigenvalue weighted by molar-refractivity contribution is -0.137. The van der Waals surface area contributed by atoms with Gasteiger partial charge in [-0.2, -0.15) is 18.4 Å². The zero-order valence-corrected chi connectivity index (χ0v) is 13.1. The lowest BCUT2D eigenvalue weighted by Gasteiger charge is -2.12. The van der Waals surface area contributed by atoms with Crippen molar-refractivity contribution < 1.29 is 27.6 Å². The Morgan fingerprint density at radius 1 is 1.36 bits per heavy atom. The van der Waals surface area contributed by atoms with Crippen molar-refractivity contribution in [1.29, 1.82) is 5.26 Å². The van der Waals surface area contributed by atoms with Crippen LogP contribution in [0.5, 0.6) is 0 Å². The number of carbonyl (C=O) groups is 1. The number of aliphatic hydroxyl groups excluding tert-OH is 1. The summed E-state index contributed by atoms with van der Waals surface area (Å²) in [6.07, 6.45) is -3.37. The SMILES string of the molecule is Cc1cc(C(F)(F)F)ccc1NC(=O)/C(C#N)=C(\O)c1cnoc1C. The van der Waals surface area contributed by atoms with Crippen LogP contribution in [0.4, 0.5) is 18.9 Å². The number of hydrogen-bond donors (Lipinski definition) is 2. The molecule has 6 nitrogen and oxygen atoms in total. The van der Waals surface area contributed by atoms with E-state index in [2.05, 4.69) is 10.5 Å². The van der Waals surface area contributed by atoms with Crippen molar-refractivity contribution in [2.24, 2.45) is 0 Å². The minimum Gasteiger partial charge on any atom is -0.506 e. The molecule has 0 atom stereocenters. The number of nitriles is 1. The number of halogens is 3. The first kappa shape index (κ1) is 18.1. The number of aryl methyl sites for hydroxylation is 2. The number of anilines is 1. The molecule has 0 bridgehead atoms. The van der Waals surface area contributed by atoms with Crippen LogP contribution in [0.2, 0.25) is 0 Å². The summed E-state index contributed by atoms with van der Waals surface area (Å²) in [6, 6.07) is 4.32. The third-order valence-corrected chi connectivity index (χ3v) is 3.38. The maximum Gasteiger partial charge on any atom is 0.416 e. The van der Waals surface area contributed by atoms with E-state index >= 15 is 0 Å². The number of aromatic nitrogens is 1. The van der Waals surface area contributed by atoms with Crippen molar-refractivity contribution in [2.45, 2.75) is 20.0 Å². The molecule has 0 spiro atoms. The molecule has 130 valence electrons. The molecule has 0 aliphatic rings. The molecule has 1 amide bonds. The van der Waals surface area contributed by atoms with E-state index in [-0.39, 0.29) is 22.6 Å². The number of nitrogens with zero attached hydrogens (tertiary/aromatic N) is 2. The fourth-order valence-corrected chi connectivity index (χ4v) is 2.04. The van der Waals surface area contributed by atoms with E-state index in [0.29, 0.717) is 0 Å². The molecular weight excluding hydrogens is 339 g/mol. The van der Waals surface area contributed by atoms with Gasteiger partial charge in [-0.05, 0) is 37.6 Å². The van der Waals surface area contributed by atoms with Crippen molar-refractivity contribution in [3.8, 4) is 6.07 Å². The first-order valence-corrected chi connectivity index (χ1v) is 6.89. The van der Waals surface area contributed by atoms with Gasteiger partial charge in [-0.1, -0.05) is 5.16 Å². The first-order valence-electron chi connectivity index (χ1n) is 6.89. The van der Waals surface area contributed by atoms with Crippen molar-refractivity contribution in [1.82, 2.24) is 5.16 Å². The lowest BCUT2D eigenvalue weighted by atomic mass is 10.1. The Labute approximate surface area is 140 Å². The van der Waals surface area contributed by atoms with Gasteiger partial charge in [-0.25, -0.2) is 0 Å². The van der Waals surface area contributed by atoms with Crippen LogP contribution in [-0.2, 0) is 11.0 Å². The molecule has 2 N–H and O–H groups in total. The second-order valence-corrected chi connectivity index (χ2v) is 5.11. The smallest absolute Gasteiger partial charge is 0.416 e. The Balaban J connectivity index is 2.33. The molecule has 1 aromatic heterocycles. The van der Waals surface area contributed by atoms with E-state index in [1.807, 2.05) is 0 Å². The van der Waals surface area contributed by atoms with Gasteiger partial charge in [0.15, 0.2) is 11.3 Å². The van der Waals surface area contributed by atoms with Gasteiger partial charge < -0.3 is 14.9 Å². The monoisotopic (exact) mass is 351 g/mol. The van der Waals surface area contributed by atoms with Gasteiger partial charge in [0.05, 0.1) is 17.3 Å².